The van der Waals surface area contributed by atoms with Gasteiger partial charge in [0.1, 0.15) is 5.58 Å². The Hall–Kier alpha value is -1.58. The second kappa shape index (κ2) is 4.83. The smallest absolute Gasteiger partial charge is 0.229 e. The number of carbonyl (C=O) groups is 1. The molecule has 0 saturated heterocycles. The average molecular weight is 336 g/mol. The number of furan rings is 1. The summed E-state index contributed by atoms with van der Waals surface area (Å²) in [5, 5.41) is 1.49. The Kier molecular flexibility index (Phi) is 3.17. The molecule has 0 radical (unpaired) electrons. The highest BCUT2D eigenvalue weighted by molar-refractivity contribution is 9.10. The minimum Gasteiger partial charge on any atom is -0.453 e. The van der Waals surface area contributed by atoms with Crippen molar-refractivity contribution in [1.82, 2.24) is 0 Å². The first kappa shape index (κ1) is 12.5. The van der Waals surface area contributed by atoms with Crippen LogP contribution in [-0.2, 0) is 0 Å². The van der Waals surface area contributed by atoms with Crippen LogP contribution in [0.5, 0.6) is 0 Å². The molecule has 0 atom stereocenters. The quantitative estimate of drug-likeness (QED) is 0.611. The molecule has 0 amide bonds. The van der Waals surface area contributed by atoms with E-state index in [1.54, 1.807) is 24.3 Å². The maximum absolute atomic E-state index is 12.4. The van der Waals surface area contributed by atoms with Crippen molar-refractivity contribution < 1.29 is 9.21 Å². The molecule has 2 aromatic carbocycles. The minimum atomic E-state index is -0.167. The van der Waals surface area contributed by atoms with E-state index in [1.807, 2.05) is 24.3 Å². The summed E-state index contributed by atoms with van der Waals surface area (Å²) in [4.78, 5) is 12.4. The highest BCUT2D eigenvalue weighted by atomic mass is 79.9. The predicted molar refractivity (Wildman–Crippen MR) is 78.8 cm³/mol. The molecule has 0 unspecified atom stereocenters. The molecule has 0 fully saturated rings. The van der Waals surface area contributed by atoms with Crippen LogP contribution in [0.4, 0.5) is 0 Å². The summed E-state index contributed by atoms with van der Waals surface area (Å²) in [7, 11) is 0. The second-order valence-corrected chi connectivity index (χ2v) is 5.39. The van der Waals surface area contributed by atoms with Gasteiger partial charge in [0.2, 0.25) is 5.78 Å². The van der Waals surface area contributed by atoms with E-state index >= 15 is 0 Å². The van der Waals surface area contributed by atoms with Gasteiger partial charge in [-0.15, -0.1) is 0 Å². The van der Waals surface area contributed by atoms with Crippen molar-refractivity contribution >= 4 is 44.3 Å². The van der Waals surface area contributed by atoms with Crippen molar-refractivity contribution in [1.29, 1.82) is 0 Å². The third-order valence-corrected chi connectivity index (χ3v) is 3.72. The molecule has 3 aromatic rings. The molecule has 0 bridgehead atoms. The molecule has 0 saturated carbocycles. The summed E-state index contributed by atoms with van der Waals surface area (Å²) in [6.45, 7) is 0. The van der Waals surface area contributed by atoms with Crippen molar-refractivity contribution in [3.63, 3.8) is 0 Å². The largest absolute Gasteiger partial charge is 0.453 e. The summed E-state index contributed by atoms with van der Waals surface area (Å²) in [6.07, 6.45) is 0. The second-order valence-electron chi connectivity index (χ2n) is 4.10. The average Bonchev–Trinajstić information content (AvgIpc) is 2.81. The van der Waals surface area contributed by atoms with Gasteiger partial charge in [0.05, 0.1) is 0 Å². The first-order valence-corrected chi connectivity index (χ1v) is 6.80. The number of carbonyl (C=O) groups excluding carboxylic acids is 1. The van der Waals surface area contributed by atoms with E-state index in [0.29, 0.717) is 26.4 Å². The van der Waals surface area contributed by atoms with Crippen LogP contribution in [0.2, 0.25) is 5.02 Å². The Bertz CT molecular complexity index is 744. The fourth-order valence-corrected chi connectivity index (χ4v) is 2.76. The fraction of sp³-hybridized carbons (Fsp3) is 0. The number of rotatable bonds is 2. The van der Waals surface area contributed by atoms with Crippen LogP contribution in [-0.4, -0.2) is 5.78 Å². The van der Waals surface area contributed by atoms with Crippen LogP contribution >= 0.6 is 27.5 Å². The van der Waals surface area contributed by atoms with Crippen molar-refractivity contribution in [3.05, 3.63) is 69.3 Å². The van der Waals surface area contributed by atoms with E-state index in [1.165, 1.54) is 0 Å². The fourth-order valence-electron chi connectivity index (χ4n) is 1.90. The zero-order chi connectivity index (χ0) is 13.4. The Labute approximate surface area is 123 Å². The summed E-state index contributed by atoms with van der Waals surface area (Å²) in [5.74, 6) is 0.156. The summed E-state index contributed by atoms with van der Waals surface area (Å²) >= 11 is 9.21. The van der Waals surface area contributed by atoms with Gasteiger partial charge in [-0.2, -0.15) is 0 Å². The Morgan fingerprint density at radius 1 is 1.11 bits per heavy atom. The molecule has 0 spiro atoms. The van der Waals surface area contributed by atoms with Gasteiger partial charge in [-0.3, -0.25) is 4.79 Å². The van der Waals surface area contributed by atoms with Gasteiger partial charge >= 0.3 is 0 Å². The SMILES string of the molecule is O=C(c1cc2ccccc2o1)c1ccc(Cl)cc1Br. The number of ketones is 1. The lowest BCUT2D eigenvalue weighted by Crippen LogP contribution is -2.00. The molecule has 1 heterocycles. The van der Waals surface area contributed by atoms with Gasteiger partial charge in [0, 0.05) is 20.4 Å². The van der Waals surface area contributed by atoms with Crippen LogP contribution < -0.4 is 0 Å². The Morgan fingerprint density at radius 3 is 2.63 bits per heavy atom. The zero-order valence-corrected chi connectivity index (χ0v) is 12.0. The van der Waals surface area contributed by atoms with Gasteiger partial charge in [-0.05, 0) is 46.3 Å². The summed E-state index contributed by atoms with van der Waals surface area (Å²) in [5.41, 5.74) is 1.24. The Balaban J connectivity index is 2.08. The van der Waals surface area contributed by atoms with Gasteiger partial charge < -0.3 is 4.42 Å². The van der Waals surface area contributed by atoms with Gasteiger partial charge in [-0.1, -0.05) is 29.8 Å². The molecule has 0 aliphatic carbocycles. The minimum absolute atomic E-state index is 0.167. The summed E-state index contributed by atoms with van der Waals surface area (Å²) in [6, 6.07) is 14.3. The first-order chi connectivity index (χ1) is 9.15. The van der Waals surface area contributed by atoms with Gasteiger partial charge in [0.25, 0.3) is 0 Å². The number of benzene rings is 2. The van der Waals surface area contributed by atoms with Crippen molar-refractivity contribution in [2.75, 3.05) is 0 Å². The molecule has 2 nitrogen and oxygen atoms in total. The molecule has 4 heteroatoms. The first-order valence-electron chi connectivity index (χ1n) is 5.63. The molecule has 94 valence electrons. The van der Waals surface area contributed by atoms with Crippen LogP contribution in [0.1, 0.15) is 16.1 Å². The maximum Gasteiger partial charge on any atom is 0.229 e. The van der Waals surface area contributed by atoms with Crippen LogP contribution in [0.3, 0.4) is 0 Å². The van der Waals surface area contributed by atoms with Crippen LogP contribution in [0.15, 0.2) is 57.4 Å². The molecule has 0 N–H and O–H groups in total. The molecular weight excluding hydrogens is 328 g/mol. The maximum atomic E-state index is 12.4. The highest BCUT2D eigenvalue weighted by Crippen LogP contribution is 2.26. The lowest BCUT2D eigenvalue weighted by atomic mass is 10.1. The normalized spacial score (nSPS) is 10.8. The molecule has 19 heavy (non-hydrogen) atoms. The van der Waals surface area contributed by atoms with Gasteiger partial charge in [-0.25, -0.2) is 0 Å². The lowest BCUT2D eigenvalue weighted by molar-refractivity contribution is 0.101. The number of halogens is 2. The third kappa shape index (κ3) is 2.31. The van der Waals surface area contributed by atoms with Crippen LogP contribution in [0, 0.1) is 0 Å². The molecular formula is C15H8BrClO2. The Morgan fingerprint density at radius 2 is 1.89 bits per heavy atom. The monoisotopic (exact) mass is 334 g/mol. The molecule has 0 aliphatic heterocycles. The van der Waals surface area contributed by atoms with Crippen molar-refractivity contribution in [2.45, 2.75) is 0 Å². The molecule has 1 aromatic heterocycles. The topological polar surface area (TPSA) is 30.2 Å². The number of fused-ring (bicyclic) bond motifs is 1. The number of hydrogen-bond donors (Lipinski definition) is 0. The van der Waals surface area contributed by atoms with Gasteiger partial charge in [0.15, 0.2) is 5.76 Å². The van der Waals surface area contributed by atoms with Crippen molar-refractivity contribution in [3.8, 4) is 0 Å². The third-order valence-electron chi connectivity index (χ3n) is 2.83. The number of para-hydroxylation sites is 1. The van der Waals surface area contributed by atoms with E-state index in [2.05, 4.69) is 15.9 Å². The van der Waals surface area contributed by atoms with E-state index in [4.69, 9.17) is 16.0 Å². The van der Waals surface area contributed by atoms with E-state index in [0.717, 1.165) is 5.39 Å². The predicted octanol–water partition coefficient (Wildman–Crippen LogP) is 5.08. The van der Waals surface area contributed by atoms with E-state index < -0.39 is 0 Å². The van der Waals surface area contributed by atoms with E-state index in [-0.39, 0.29) is 5.78 Å². The lowest BCUT2D eigenvalue weighted by Gasteiger charge is -2.01. The van der Waals surface area contributed by atoms with Crippen LogP contribution in [0.25, 0.3) is 11.0 Å². The summed E-state index contributed by atoms with van der Waals surface area (Å²) < 4.78 is 6.22. The zero-order valence-electron chi connectivity index (χ0n) is 9.69. The molecule has 0 aliphatic rings. The standard InChI is InChI=1S/C15H8BrClO2/c16-12-8-10(17)5-6-11(12)15(18)14-7-9-3-1-2-4-13(9)19-14/h1-8H. The van der Waals surface area contributed by atoms with Crippen molar-refractivity contribution in [2.24, 2.45) is 0 Å². The number of hydrogen-bond acceptors (Lipinski definition) is 2. The molecule has 3 rings (SSSR count). The van der Waals surface area contributed by atoms with E-state index in [9.17, 15) is 4.79 Å². The highest BCUT2D eigenvalue weighted by Gasteiger charge is 2.17.